The highest BCUT2D eigenvalue weighted by atomic mass is 19.1. The molecule has 1 atom stereocenters. The average Bonchev–Trinajstić information content (AvgIpc) is 2.50. The minimum absolute atomic E-state index is 0.278. The van der Waals surface area contributed by atoms with Crippen LogP contribution in [0.2, 0.25) is 0 Å². The highest BCUT2D eigenvalue weighted by Crippen LogP contribution is 2.33. The Morgan fingerprint density at radius 3 is 2.86 bits per heavy atom. The SMILES string of the molecule is CCO[C@@]1(c2ccc(F)cc2)COCCN1CCC#CO. The molecule has 0 saturated carbocycles. The summed E-state index contributed by atoms with van der Waals surface area (Å²) < 4.78 is 24.8. The molecule has 1 aromatic rings. The quantitative estimate of drug-likeness (QED) is 0.844. The monoisotopic (exact) mass is 293 g/mol. The van der Waals surface area contributed by atoms with Gasteiger partial charge in [0.05, 0.1) is 13.2 Å². The first kappa shape index (κ1) is 15.8. The van der Waals surface area contributed by atoms with Gasteiger partial charge in [-0.3, -0.25) is 4.90 Å². The van der Waals surface area contributed by atoms with Crippen LogP contribution in [0.1, 0.15) is 18.9 Å². The van der Waals surface area contributed by atoms with Crippen molar-refractivity contribution in [3.63, 3.8) is 0 Å². The van der Waals surface area contributed by atoms with Crippen LogP contribution >= 0.6 is 0 Å². The molecule has 114 valence electrons. The second kappa shape index (κ2) is 7.41. The van der Waals surface area contributed by atoms with Gasteiger partial charge in [0.25, 0.3) is 0 Å². The van der Waals surface area contributed by atoms with E-state index in [9.17, 15) is 4.39 Å². The van der Waals surface area contributed by atoms with Crippen molar-refractivity contribution in [2.75, 3.05) is 32.9 Å². The minimum atomic E-state index is -0.724. The standard InChI is InChI=1S/C16H20FNO3/c1-2-21-16(14-5-7-15(17)8-6-14)13-20-12-10-18(16)9-3-4-11-19/h5-8,19H,2-3,9-10,12-13H2,1H3/t16-/m1/s1. The van der Waals surface area contributed by atoms with Crippen molar-refractivity contribution < 1.29 is 19.0 Å². The first-order valence-electron chi connectivity index (χ1n) is 7.07. The van der Waals surface area contributed by atoms with Crippen molar-refractivity contribution in [2.24, 2.45) is 0 Å². The van der Waals surface area contributed by atoms with Gasteiger partial charge in [0.15, 0.2) is 5.72 Å². The molecule has 5 heteroatoms. The zero-order chi connectivity index (χ0) is 15.1. The molecule has 1 fully saturated rings. The maximum absolute atomic E-state index is 13.2. The third-order valence-electron chi connectivity index (χ3n) is 3.58. The van der Waals surface area contributed by atoms with Crippen LogP contribution in [-0.2, 0) is 15.2 Å². The van der Waals surface area contributed by atoms with E-state index in [1.54, 1.807) is 12.1 Å². The van der Waals surface area contributed by atoms with Gasteiger partial charge in [-0.15, -0.1) is 0 Å². The van der Waals surface area contributed by atoms with Gasteiger partial charge in [-0.1, -0.05) is 18.1 Å². The van der Waals surface area contributed by atoms with Gasteiger partial charge in [0.1, 0.15) is 11.9 Å². The molecule has 0 spiro atoms. The van der Waals surface area contributed by atoms with Crippen LogP contribution in [0.25, 0.3) is 0 Å². The Kier molecular flexibility index (Phi) is 5.57. The van der Waals surface area contributed by atoms with E-state index >= 15 is 0 Å². The van der Waals surface area contributed by atoms with E-state index in [4.69, 9.17) is 14.6 Å². The van der Waals surface area contributed by atoms with Crippen LogP contribution in [0.5, 0.6) is 0 Å². The Hall–Kier alpha value is -1.61. The number of morpholine rings is 1. The molecular formula is C16H20FNO3. The number of aliphatic hydroxyl groups is 1. The van der Waals surface area contributed by atoms with Crippen molar-refractivity contribution in [1.82, 2.24) is 4.90 Å². The van der Waals surface area contributed by atoms with Crippen LogP contribution < -0.4 is 0 Å². The molecule has 0 radical (unpaired) electrons. The fourth-order valence-corrected chi connectivity index (χ4v) is 2.63. The summed E-state index contributed by atoms with van der Waals surface area (Å²) in [4.78, 5) is 2.14. The molecule has 2 rings (SSSR count). The van der Waals surface area contributed by atoms with E-state index in [-0.39, 0.29) is 5.82 Å². The van der Waals surface area contributed by atoms with Crippen molar-refractivity contribution in [3.05, 3.63) is 35.6 Å². The van der Waals surface area contributed by atoms with Crippen LogP contribution in [0.15, 0.2) is 24.3 Å². The molecule has 1 saturated heterocycles. The van der Waals surface area contributed by atoms with Gasteiger partial charge >= 0.3 is 0 Å². The normalized spacial score (nSPS) is 22.6. The van der Waals surface area contributed by atoms with E-state index in [1.165, 1.54) is 12.1 Å². The molecule has 1 aliphatic rings. The second-order valence-electron chi connectivity index (χ2n) is 4.80. The van der Waals surface area contributed by atoms with Crippen LogP contribution in [0.3, 0.4) is 0 Å². The average molecular weight is 293 g/mol. The maximum Gasteiger partial charge on any atom is 0.171 e. The Morgan fingerprint density at radius 2 is 2.19 bits per heavy atom. The third-order valence-corrected chi connectivity index (χ3v) is 3.58. The predicted molar refractivity (Wildman–Crippen MR) is 76.4 cm³/mol. The van der Waals surface area contributed by atoms with Gasteiger partial charge in [-0.2, -0.15) is 0 Å². The van der Waals surface area contributed by atoms with Crippen molar-refractivity contribution in [2.45, 2.75) is 19.1 Å². The first-order chi connectivity index (χ1) is 10.2. The predicted octanol–water partition coefficient (Wildman–Crippen LogP) is 2.07. The summed E-state index contributed by atoms with van der Waals surface area (Å²) in [6.07, 6.45) is 2.45. The fourth-order valence-electron chi connectivity index (χ4n) is 2.63. The second-order valence-corrected chi connectivity index (χ2v) is 4.80. The van der Waals surface area contributed by atoms with Crippen LogP contribution in [0.4, 0.5) is 4.39 Å². The van der Waals surface area contributed by atoms with Crippen molar-refractivity contribution in [3.8, 4) is 12.0 Å². The number of rotatable bonds is 5. The number of halogens is 1. The summed E-state index contributed by atoms with van der Waals surface area (Å²) >= 11 is 0. The lowest BCUT2D eigenvalue weighted by Gasteiger charge is -2.46. The molecule has 0 aliphatic carbocycles. The van der Waals surface area contributed by atoms with E-state index in [1.807, 2.05) is 13.0 Å². The van der Waals surface area contributed by atoms with Crippen molar-refractivity contribution >= 4 is 0 Å². The van der Waals surface area contributed by atoms with E-state index in [0.29, 0.717) is 39.3 Å². The summed E-state index contributed by atoms with van der Waals surface area (Å²) in [5.74, 6) is 2.37. The lowest BCUT2D eigenvalue weighted by atomic mass is 9.99. The van der Waals surface area contributed by atoms with Crippen LogP contribution in [-0.4, -0.2) is 42.9 Å². The molecule has 0 amide bonds. The van der Waals surface area contributed by atoms with Gasteiger partial charge in [0.2, 0.25) is 0 Å². The number of benzene rings is 1. The minimum Gasteiger partial charge on any atom is -0.462 e. The highest BCUT2D eigenvalue weighted by molar-refractivity contribution is 5.24. The zero-order valence-corrected chi connectivity index (χ0v) is 12.1. The lowest BCUT2D eigenvalue weighted by molar-refractivity contribution is -0.225. The Balaban J connectivity index is 2.30. The molecule has 0 aromatic heterocycles. The Bertz CT molecular complexity index is 504. The van der Waals surface area contributed by atoms with Gasteiger partial charge < -0.3 is 14.6 Å². The Labute approximate surface area is 124 Å². The number of aliphatic hydroxyl groups excluding tert-OH is 1. The molecule has 1 N–H and O–H groups in total. The highest BCUT2D eigenvalue weighted by Gasteiger charge is 2.42. The largest absolute Gasteiger partial charge is 0.462 e. The number of nitrogens with zero attached hydrogens (tertiary/aromatic N) is 1. The summed E-state index contributed by atoms with van der Waals surface area (Å²) in [5, 5.41) is 8.60. The smallest absolute Gasteiger partial charge is 0.171 e. The Morgan fingerprint density at radius 1 is 1.43 bits per heavy atom. The summed E-state index contributed by atoms with van der Waals surface area (Å²) in [7, 11) is 0. The molecular weight excluding hydrogens is 273 g/mol. The van der Waals surface area contributed by atoms with Gasteiger partial charge in [-0.25, -0.2) is 4.39 Å². The van der Waals surface area contributed by atoms with Crippen molar-refractivity contribution in [1.29, 1.82) is 0 Å². The van der Waals surface area contributed by atoms with E-state index < -0.39 is 5.72 Å². The van der Waals surface area contributed by atoms with Gasteiger partial charge in [-0.05, 0) is 19.1 Å². The zero-order valence-electron chi connectivity index (χ0n) is 12.1. The molecule has 0 unspecified atom stereocenters. The molecule has 1 heterocycles. The topological polar surface area (TPSA) is 41.9 Å². The number of hydrogen-bond acceptors (Lipinski definition) is 4. The maximum atomic E-state index is 13.2. The third kappa shape index (κ3) is 3.53. The van der Waals surface area contributed by atoms with E-state index in [0.717, 1.165) is 5.56 Å². The molecule has 0 bridgehead atoms. The van der Waals surface area contributed by atoms with E-state index in [2.05, 4.69) is 10.8 Å². The molecule has 21 heavy (non-hydrogen) atoms. The molecule has 1 aromatic carbocycles. The lowest BCUT2D eigenvalue weighted by Crippen LogP contribution is -2.56. The fraction of sp³-hybridized carbons (Fsp3) is 0.500. The summed E-state index contributed by atoms with van der Waals surface area (Å²) in [6, 6.07) is 6.31. The molecule has 1 aliphatic heterocycles. The molecule has 4 nitrogen and oxygen atoms in total. The first-order valence-corrected chi connectivity index (χ1v) is 7.07. The summed E-state index contributed by atoms with van der Waals surface area (Å²) in [6.45, 7) is 4.79. The number of hydrogen-bond donors (Lipinski definition) is 1. The van der Waals surface area contributed by atoms with Gasteiger partial charge in [0, 0.05) is 31.7 Å². The van der Waals surface area contributed by atoms with Crippen LogP contribution in [0, 0.1) is 17.8 Å². The summed E-state index contributed by atoms with van der Waals surface area (Å²) in [5.41, 5.74) is 0.139. The number of ether oxygens (including phenoxy) is 2.